The molecule has 1 amide bonds. The summed E-state index contributed by atoms with van der Waals surface area (Å²) in [4.78, 5) is 23.2. The van der Waals surface area contributed by atoms with Gasteiger partial charge in [0, 0.05) is 17.8 Å². The topological polar surface area (TPSA) is 106 Å². The number of methoxy groups -OCH3 is 1. The van der Waals surface area contributed by atoms with Gasteiger partial charge in [0.05, 0.1) is 35.6 Å². The molecular weight excluding hydrogens is 384 g/mol. The summed E-state index contributed by atoms with van der Waals surface area (Å²) in [5.74, 6) is 0.242. The molecule has 0 unspecified atom stereocenters. The Labute approximate surface area is 174 Å². The lowest BCUT2D eigenvalue weighted by molar-refractivity contribution is -0.384. The summed E-state index contributed by atoms with van der Waals surface area (Å²) < 4.78 is 5.27. The largest absolute Gasteiger partial charge is 0.495 e. The van der Waals surface area contributed by atoms with Crippen molar-refractivity contribution in [1.29, 1.82) is 0 Å². The van der Waals surface area contributed by atoms with Crippen LogP contribution in [0.1, 0.15) is 5.56 Å². The van der Waals surface area contributed by atoms with E-state index in [1.54, 1.807) is 12.1 Å². The number of hydrogen-bond donors (Lipinski definition) is 3. The van der Waals surface area contributed by atoms with Crippen LogP contribution in [0.15, 0.2) is 66.7 Å². The van der Waals surface area contributed by atoms with E-state index < -0.39 is 4.92 Å². The van der Waals surface area contributed by atoms with Crippen molar-refractivity contribution in [2.75, 3.05) is 29.6 Å². The molecule has 30 heavy (non-hydrogen) atoms. The molecule has 0 atom stereocenters. The summed E-state index contributed by atoms with van der Waals surface area (Å²) in [5.41, 5.74) is 3.35. The van der Waals surface area contributed by atoms with Crippen LogP contribution in [0.2, 0.25) is 0 Å². The van der Waals surface area contributed by atoms with E-state index >= 15 is 0 Å². The number of para-hydroxylation sites is 1. The number of nitro benzene ring substituents is 1. The smallest absolute Gasteiger partial charge is 0.271 e. The Kier molecular flexibility index (Phi) is 6.49. The molecule has 3 aromatic rings. The number of nitrogens with one attached hydrogen (secondary N) is 3. The quantitative estimate of drug-likeness (QED) is 0.370. The molecule has 8 heteroatoms. The maximum atomic E-state index is 12.5. The predicted octanol–water partition coefficient (Wildman–Crippen LogP) is 4.71. The Morgan fingerprint density at radius 1 is 1.00 bits per heavy atom. The van der Waals surface area contributed by atoms with Crippen molar-refractivity contribution in [2.24, 2.45) is 0 Å². The van der Waals surface area contributed by atoms with Gasteiger partial charge in [0.1, 0.15) is 5.75 Å². The zero-order chi connectivity index (χ0) is 21.5. The van der Waals surface area contributed by atoms with Gasteiger partial charge in [0.15, 0.2) is 0 Å². The van der Waals surface area contributed by atoms with Gasteiger partial charge in [-0.15, -0.1) is 0 Å². The lowest BCUT2D eigenvalue weighted by Gasteiger charge is -2.15. The average Bonchev–Trinajstić information content (AvgIpc) is 2.74. The average molecular weight is 406 g/mol. The molecule has 0 aliphatic heterocycles. The molecule has 0 aliphatic carbocycles. The van der Waals surface area contributed by atoms with Crippen molar-refractivity contribution in [3.63, 3.8) is 0 Å². The van der Waals surface area contributed by atoms with Crippen LogP contribution in [-0.4, -0.2) is 24.5 Å². The van der Waals surface area contributed by atoms with E-state index in [9.17, 15) is 14.9 Å². The number of carbonyl (C=O) groups excluding carboxylic acids is 1. The van der Waals surface area contributed by atoms with E-state index in [1.165, 1.54) is 19.2 Å². The van der Waals surface area contributed by atoms with Crippen LogP contribution in [0.5, 0.6) is 5.75 Å². The van der Waals surface area contributed by atoms with Crippen LogP contribution in [0.25, 0.3) is 0 Å². The number of amides is 1. The Morgan fingerprint density at radius 3 is 2.47 bits per heavy atom. The summed E-state index contributed by atoms with van der Waals surface area (Å²) in [7, 11) is 1.53. The van der Waals surface area contributed by atoms with Crippen molar-refractivity contribution in [3.05, 3.63) is 82.4 Å². The van der Waals surface area contributed by atoms with E-state index in [0.29, 0.717) is 22.8 Å². The molecule has 0 saturated heterocycles. The third-order valence-electron chi connectivity index (χ3n) is 4.34. The lowest BCUT2D eigenvalue weighted by Crippen LogP contribution is -2.22. The number of aryl methyl sites for hydroxylation is 1. The van der Waals surface area contributed by atoms with Crippen molar-refractivity contribution in [3.8, 4) is 5.75 Å². The summed E-state index contributed by atoms with van der Waals surface area (Å²) in [6.45, 7) is 1.83. The summed E-state index contributed by atoms with van der Waals surface area (Å²) in [6.07, 6.45) is 0. The number of nitrogens with zero attached hydrogens (tertiary/aromatic N) is 1. The van der Waals surface area contributed by atoms with Crippen molar-refractivity contribution in [1.82, 2.24) is 0 Å². The normalized spacial score (nSPS) is 10.2. The third kappa shape index (κ3) is 5.26. The lowest BCUT2D eigenvalue weighted by atomic mass is 10.2. The fourth-order valence-electron chi connectivity index (χ4n) is 2.87. The van der Waals surface area contributed by atoms with Gasteiger partial charge in [-0.3, -0.25) is 14.9 Å². The van der Waals surface area contributed by atoms with E-state index in [-0.39, 0.29) is 18.1 Å². The first-order chi connectivity index (χ1) is 14.5. The molecule has 0 radical (unpaired) electrons. The van der Waals surface area contributed by atoms with Crippen LogP contribution < -0.4 is 20.7 Å². The number of nitro groups is 1. The zero-order valence-electron chi connectivity index (χ0n) is 16.6. The maximum Gasteiger partial charge on any atom is 0.271 e. The first-order valence-corrected chi connectivity index (χ1v) is 9.25. The Bertz CT molecular complexity index is 1050. The Morgan fingerprint density at radius 2 is 1.77 bits per heavy atom. The van der Waals surface area contributed by atoms with Gasteiger partial charge >= 0.3 is 0 Å². The predicted molar refractivity (Wildman–Crippen MR) is 118 cm³/mol. The SMILES string of the molecule is COc1ccc(C)cc1NC(=O)CNc1cc([N+](=O)[O-])ccc1Nc1ccccc1. The molecule has 0 fully saturated rings. The zero-order valence-corrected chi connectivity index (χ0v) is 16.6. The summed E-state index contributed by atoms with van der Waals surface area (Å²) in [5, 5.41) is 20.1. The number of anilines is 4. The van der Waals surface area contributed by atoms with Gasteiger partial charge in [0.2, 0.25) is 5.91 Å². The van der Waals surface area contributed by atoms with Crippen LogP contribution in [-0.2, 0) is 4.79 Å². The van der Waals surface area contributed by atoms with E-state index in [1.807, 2.05) is 49.4 Å². The first-order valence-electron chi connectivity index (χ1n) is 9.25. The molecule has 3 aromatic carbocycles. The monoisotopic (exact) mass is 406 g/mol. The molecule has 0 bridgehead atoms. The van der Waals surface area contributed by atoms with Gasteiger partial charge in [-0.1, -0.05) is 24.3 Å². The third-order valence-corrected chi connectivity index (χ3v) is 4.34. The minimum absolute atomic E-state index is 0.0723. The molecule has 3 N–H and O–H groups in total. The standard InChI is InChI=1S/C22H22N4O4/c1-15-8-11-21(30-2)20(12-15)25-22(27)14-23-19-13-17(26(28)29)9-10-18(19)24-16-6-4-3-5-7-16/h3-13,23-24H,14H2,1-2H3,(H,25,27). The minimum atomic E-state index is -0.477. The maximum absolute atomic E-state index is 12.5. The second-order valence-electron chi connectivity index (χ2n) is 6.58. The number of benzene rings is 3. The minimum Gasteiger partial charge on any atom is -0.495 e. The molecule has 8 nitrogen and oxygen atoms in total. The van der Waals surface area contributed by atoms with Gasteiger partial charge in [0.25, 0.3) is 5.69 Å². The molecule has 0 spiro atoms. The number of hydrogen-bond acceptors (Lipinski definition) is 6. The van der Waals surface area contributed by atoms with Gasteiger partial charge in [-0.25, -0.2) is 0 Å². The Balaban J connectivity index is 1.76. The van der Waals surface area contributed by atoms with E-state index in [2.05, 4.69) is 16.0 Å². The molecule has 3 rings (SSSR count). The highest BCUT2D eigenvalue weighted by atomic mass is 16.6. The Hall–Kier alpha value is -4.07. The number of rotatable bonds is 8. The van der Waals surface area contributed by atoms with Crippen LogP contribution in [0, 0.1) is 17.0 Å². The first kappa shape index (κ1) is 20.7. The number of non-ortho nitro benzene ring substituents is 1. The highest BCUT2D eigenvalue weighted by Crippen LogP contribution is 2.30. The van der Waals surface area contributed by atoms with E-state index in [4.69, 9.17) is 4.74 Å². The number of ether oxygens (including phenoxy) is 1. The summed E-state index contributed by atoms with van der Waals surface area (Å²) >= 11 is 0. The van der Waals surface area contributed by atoms with Crippen molar-refractivity contribution in [2.45, 2.75) is 6.92 Å². The highest BCUT2D eigenvalue weighted by molar-refractivity contribution is 5.95. The van der Waals surface area contributed by atoms with Gasteiger partial charge in [-0.05, 0) is 42.8 Å². The molecule has 0 heterocycles. The fraction of sp³-hybridized carbons (Fsp3) is 0.136. The van der Waals surface area contributed by atoms with Crippen molar-refractivity contribution < 1.29 is 14.5 Å². The molecular formula is C22H22N4O4. The van der Waals surface area contributed by atoms with Crippen LogP contribution in [0.3, 0.4) is 0 Å². The van der Waals surface area contributed by atoms with Gasteiger partial charge in [-0.2, -0.15) is 0 Å². The highest BCUT2D eigenvalue weighted by Gasteiger charge is 2.13. The molecule has 0 saturated carbocycles. The second-order valence-corrected chi connectivity index (χ2v) is 6.58. The van der Waals surface area contributed by atoms with Crippen LogP contribution >= 0.6 is 0 Å². The molecule has 0 aliphatic rings. The molecule has 0 aromatic heterocycles. The second kappa shape index (κ2) is 9.42. The summed E-state index contributed by atoms with van der Waals surface area (Å²) in [6, 6.07) is 19.3. The van der Waals surface area contributed by atoms with E-state index in [0.717, 1.165) is 11.3 Å². The van der Waals surface area contributed by atoms with Crippen LogP contribution in [0.4, 0.5) is 28.4 Å². The number of carbonyl (C=O) groups is 1. The van der Waals surface area contributed by atoms with Crippen molar-refractivity contribution >= 4 is 34.3 Å². The fourth-order valence-corrected chi connectivity index (χ4v) is 2.87. The molecule has 154 valence electrons. The van der Waals surface area contributed by atoms with Gasteiger partial charge < -0.3 is 20.7 Å².